The number of aryl methyl sites for hydroxylation is 1. The molecule has 20 heavy (non-hydrogen) atoms. The van der Waals surface area contributed by atoms with Crippen LogP contribution < -0.4 is 0 Å². The summed E-state index contributed by atoms with van der Waals surface area (Å²) < 4.78 is 2.18. The van der Waals surface area contributed by atoms with Crippen LogP contribution in [0, 0.1) is 4.77 Å². The Bertz CT molecular complexity index is 656. The first-order valence-electron chi connectivity index (χ1n) is 6.73. The van der Waals surface area contributed by atoms with Crippen molar-refractivity contribution in [3.63, 3.8) is 0 Å². The highest BCUT2D eigenvalue weighted by Gasteiger charge is 2.12. The Morgan fingerprint density at radius 1 is 1.30 bits per heavy atom. The summed E-state index contributed by atoms with van der Waals surface area (Å²) in [6, 6.07) is 8.41. The second kappa shape index (κ2) is 5.71. The van der Waals surface area contributed by atoms with E-state index in [1.165, 1.54) is 5.56 Å². The lowest BCUT2D eigenvalue weighted by Crippen LogP contribution is -2.10. The molecule has 2 rings (SSSR count). The van der Waals surface area contributed by atoms with Crippen molar-refractivity contribution in [3.8, 4) is 0 Å². The molecule has 1 N–H and O–H groups in total. The van der Waals surface area contributed by atoms with Gasteiger partial charge >= 0.3 is 0 Å². The molecule has 5 heteroatoms. The third-order valence-electron chi connectivity index (χ3n) is 3.13. The normalized spacial score (nSPS) is 12.2. The average Bonchev–Trinajstić information content (AvgIpc) is 2.76. The first-order chi connectivity index (χ1) is 9.41. The number of H-pyrrole nitrogens is 1. The molecule has 0 saturated heterocycles. The lowest BCUT2D eigenvalue weighted by molar-refractivity contribution is 0.590. The fourth-order valence-electron chi connectivity index (χ4n) is 1.87. The van der Waals surface area contributed by atoms with Gasteiger partial charge in [-0.1, -0.05) is 52.0 Å². The van der Waals surface area contributed by atoms with E-state index in [1.54, 1.807) is 10.9 Å². The topological polar surface area (TPSA) is 46.0 Å². The number of aromatic amines is 1. The van der Waals surface area contributed by atoms with E-state index in [-0.39, 0.29) is 5.41 Å². The number of benzene rings is 1. The summed E-state index contributed by atoms with van der Waals surface area (Å²) in [4.78, 5) is 0. The van der Waals surface area contributed by atoms with E-state index in [2.05, 4.69) is 60.3 Å². The van der Waals surface area contributed by atoms with E-state index in [0.717, 1.165) is 17.8 Å². The zero-order valence-corrected chi connectivity index (χ0v) is 13.2. The quantitative estimate of drug-likeness (QED) is 0.691. The van der Waals surface area contributed by atoms with Crippen LogP contribution in [-0.2, 0) is 11.8 Å². The second-order valence-electron chi connectivity index (χ2n) is 5.73. The van der Waals surface area contributed by atoms with Crippen molar-refractivity contribution in [2.75, 3.05) is 0 Å². The second-order valence-corrected chi connectivity index (χ2v) is 6.11. The molecular formula is C15H20N4S. The third kappa shape index (κ3) is 3.22. The summed E-state index contributed by atoms with van der Waals surface area (Å²) in [6.07, 6.45) is 2.59. The maximum absolute atomic E-state index is 5.16. The Labute approximate surface area is 124 Å². The minimum atomic E-state index is 0.165. The molecule has 0 fully saturated rings. The highest BCUT2D eigenvalue weighted by atomic mass is 32.1. The molecule has 0 atom stereocenters. The van der Waals surface area contributed by atoms with Crippen LogP contribution >= 0.6 is 12.2 Å². The molecule has 1 aromatic carbocycles. The lowest BCUT2D eigenvalue weighted by atomic mass is 9.87. The first-order valence-corrected chi connectivity index (χ1v) is 7.14. The van der Waals surface area contributed by atoms with Crippen molar-refractivity contribution in [3.05, 3.63) is 46.0 Å². The standard InChI is InChI=1S/C15H20N4S/c1-5-13-17-18-14(20)19(13)16-10-11-6-8-12(9-7-11)15(2,3)4/h6-10H,5H2,1-4H3,(H,18,20)/b16-10-. The van der Waals surface area contributed by atoms with Gasteiger partial charge in [-0.2, -0.15) is 14.9 Å². The largest absolute Gasteiger partial charge is 0.250 e. The van der Waals surface area contributed by atoms with Crippen LogP contribution in [0.2, 0.25) is 0 Å². The third-order valence-corrected chi connectivity index (χ3v) is 3.40. The van der Waals surface area contributed by atoms with Crippen molar-refractivity contribution >= 4 is 18.4 Å². The molecule has 2 aromatic rings. The Morgan fingerprint density at radius 3 is 2.50 bits per heavy atom. The highest BCUT2D eigenvalue weighted by molar-refractivity contribution is 7.71. The van der Waals surface area contributed by atoms with Gasteiger partial charge in [-0.25, -0.2) is 0 Å². The molecule has 0 aliphatic carbocycles. The van der Waals surface area contributed by atoms with Crippen LogP contribution in [-0.4, -0.2) is 21.1 Å². The molecule has 0 aliphatic rings. The van der Waals surface area contributed by atoms with Gasteiger partial charge in [-0.15, -0.1) is 0 Å². The van der Waals surface area contributed by atoms with Gasteiger partial charge < -0.3 is 0 Å². The monoisotopic (exact) mass is 288 g/mol. The Hall–Kier alpha value is -1.75. The van der Waals surface area contributed by atoms with E-state index in [9.17, 15) is 0 Å². The number of nitrogens with zero attached hydrogens (tertiary/aromatic N) is 3. The van der Waals surface area contributed by atoms with Crippen molar-refractivity contribution in [1.29, 1.82) is 0 Å². The van der Waals surface area contributed by atoms with Crippen molar-refractivity contribution < 1.29 is 0 Å². The summed E-state index contributed by atoms with van der Waals surface area (Å²) in [5.41, 5.74) is 2.52. The molecule has 1 aromatic heterocycles. The predicted octanol–water partition coefficient (Wildman–Crippen LogP) is 3.68. The lowest BCUT2D eigenvalue weighted by Gasteiger charge is -2.18. The predicted molar refractivity (Wildman–Crippen MR) is 84.9 cm³/mol. The molecule has 0 radical (unpaired) electrons. The number of hydrogen-bond donors (Lipinski definition) is 1. The Kier molecular flexibility index (Phi) is 4.18. The van der Waals surface area contributed by atoms with E-state index >= 15 is 0 Å². The van der Waals surface area contributed by atoms with E-state index in [1.807, 2.05) is 6.92 Å². The van der Waals surface area contributed by atoms with Gasteiger partial charge in [0.2, 0.25) is 4.77 Å². The van der Waals surface area contributed by atoms with E-state index in [0.29, 0.717) is 4.77 Å². The number of rotatable bonds is 3. The van der Waals surface area contributed by atoms with Gasteiger partial charge in [0.1, 0.15) is 0 Å². The van der Waals surface area contributed by atoms with E-state index < -0.39 is 0 Å². The van der Waals surface area contributed by atoms with Crippen LogP contribution in [0.1, 0.15) is 44.6 Å². The van der Waals surface area contributed by atoms with Gasteiger partial charge in [0.05, 0.1) is 6.21 Å². The molecular weight excluding hydrogens is 268 g/mol. The highest BCUT2D eigenvalue weighted by Crippen LogP contribution is 2.21. The van der Waals surface area contributed by atoms with Crippen molar-refractivity contribution in [2.24, 2.45) is 5.10 Å². The Balaban J connectivity index is 2.24. The molecule has 106 valence electrons. The van der Waals surface area contributed by atoms with Crippen LogP contribution in [0.25, 0.3) is 0 Å². The van der Waals surface area contributed by atoms with Crippen LogP contribution in [0.5, 0.6) is 0 Å². The summed E-state index contributed by atoms with van der Waals surface area (Å²) in [5.74, 6) is 0.831. The Morgan fingerprint density at radius 2 is 1.95 bits per heavy atom. The van der Waals surface area contributed by atoms with Crippen molar-refractivity contribution in [1.82, 2.24) is 14.9 Å². The minimum absolute atomic E-state index is 0.165. The maximum atomic E-state index is 5.16. The van der Waals surface area contributed by atoms with Crippen LogP contribution in [0.3, 0.4) is 0 Å². The van der Waals surface area contributed by atoms with Crippen LogP contribution in [0.4, 0.5) is 0 Å². The molecule has 0 spiro atoms. The maximum Gasteiger partial charge on any atom is 0.216 e. The molecule has 0 aliphatic heterocycles. The number of hydrogen-bond acceptors (Lipinski definition) is 3. The number of aromatic nitrogens is 3. The van der Waals surface area contributed by atoms with Gasteiger partial charge in [0, 0.05) is 6.42 Å². The minimum Gasteiger partial charge on any atom is -0.250 e. The molecule has 4 nitrogen and oxygen atoms in total. The smallest absolute Gasteiger partial charge is 0.216 e. The average molecular weight is 288 g/mol. The zero-order chi connectivity index (χ0) is 14.8. The van der Waals surface area contributed by atoms with Gasteiger partial charge in [-0.05, 0) is 28.8 Å². The molecule has 0 unspecified atom stereocenters. The van der Waals surface area contributed by atoms with Gasteiger partial charge in [0.15, 0.2) is 5.82 Å². The van der Waals surface area contributed by atoms with E-state index in [4.69, 9.17) is 12.2 Å². The SMILES string of the molecule is CCc1n[nH]c(=S)n1/N=C\c1ccc(C(C)(C)C)cc1. The fourth-order valence-corrected chi connectivity index (χ4v) is 2.06. The number of nitrogens with one attached hydrogen (secondary N) is 1. The first kappa shape index (κ1) is 14.7. The molecule has 1 heterocycles. The summed E-state index contributed by atoms with van der Waals surface area (Å²) in [6.45, 7) is 8.63. The van der Waals surface area contributed by atoms with Crippen molar-refractivity contribution in [2.45, 2.75) is 39.5 Å². The van der Waals surface area contributed by atoms with Gasteiger partial charge in [0.25, 0.3) is 0 Å². The van der Waals surface area contributed by atoms with Gasteiger partial charge in [-0.3, -0.25) is 5.10 Å². The summed E-state index contributed by atoms with van der Waals surface area (Å²) in [7, 11) is 0. The molecule has 0 amide bonds. The van der Waals surface area contributed by atoms with Crippen LogP contribution in [0.15, 0.2) is 29.4 Å². The summed E-state index contributed by atoms with van der Waals surface area (Å²) in [5, 5.41) is 11.3. The summed E-state index contributed by atoms with van der Waals surface area (Å²) >= 11 is 5.16. The molecule has 0 saturated carbocycles. The molecule has 0 bridgehead atoms. The fraction of sp³-hybridized carbons (Fsp3) is 0.400. The zero-order valence-electron chi connectivity index (χ0n) is 12.3.